The van der Waals surface area contributed by atoms with Crippen LogP contribution in [-0.2, 0) is 6.54 Å². The predicted molar refractivity (Wildman–Crippen MR) is 103 cm³/mol. The molecule has 0 radical (unpaired) electrons. The lowest BCUT2D eigenvalue weighted by Gasteiger charge is -2.09. The maximum absolute atomic E-state index is 12.7. The summed E-state index contributed by atoms with van der Waals surface area (Å²) >= 11 is 6.06. The summed E-state index contributed by atoms with van der Waals surface area (Å²) in [6, 6.07) is 10.8. The number of nitrogens with zero attached hydrogens (tertiary/aromatic N) is 2. The highest BCUT2D eigenvalue weighted by Crippen LogP contribution is 2.32. The molecule has 0 saturated carbocycles. The van der Waals surface area contributed by atoms with Gasteiger partial charge in [0.1, 0.15) is 17.3 Å². The Morgan fingerprint density at radius 1 is 1.15 bits per heavy atom. The number of benzene rings is 2. The van der Waals surface area contributed by atoms with Crippen molar-refractivity contribution in [3.8, 4) is 11.5 Å². The van der Waals surface area contributed by atoms with E-state index in [9.17, 15) is 4.79 Å². The maximum Gasteiger partial charge on any atom is 0.261 e. The molecule has 0 amide bonds. The van der Waals surface area contributed by atoms with E-state index in [0.717, 1.165) is 23.3 Å². The van der Waals surface area contributed by atoms with E-state index in [1.54, 1.807) is 37.0 Å². The molecule has 0 unspecified atom stereocenters. The largest absolute Gasteiger partial charge is 0.497 e. The molecule has 0 aliphatic carbocycles. The third kappa shape index (κ3) is 2.74. The molecular formula is C20H17ClN2O3. The molecule has 3 aromatic rings. The number of ether oxygens (including phenoxy) is 2. The fourth-order valence-corrected chi connectivity index (χ4v) is 3.42. The lowest BCUT2D eigenvalue weighted by molar-refractivity contribution is 0.394. The van der Waals surface area contributed by atoms with Gasteiger partial charge in [-0.3, -0.25) is 9.36 Å². The van der Waals surface area contributed by atoms with E-state index in [-0.39, 0.29) is 5.56 Å². The summed E-state index contributed by atoms with van der Waals surface area (Å²) in [7, 11) is 3.24. The Bertz CT molecular complexity index is 1100. The highest BCUT2D eigenvalue weighted by Gasteiger charge is 2.21. The molecule has 4 rings (SSSR count). The molecule has 0 N–H and O–H groups in total. The van der Waals surface area contributed by atoms with E-state index in [2.05, 4.69) is 4.98 Å². The smallest absolute Gasteiger partial charge is 0.261 e. The van der Waals surface area contributed by atoms with Crippen LogP contribution < -0.4 is 15.0 Å². The minimum Gasteiger partial charge on any atom is -0.497 e. The standard InChI is InChI=1S/C20H17ClN2O3/c1-25-15-5-3-12(18(11-15)26-2)9-13-7-8-23-19(13)22-17-10-14(21)4-6-16(17)20(23)24/h3-6,9-11H,7-8H2,1-2H3/b13-9+. The van der Waals surface area contributed by atoms with Gasteiger partial charge in [0, 0.05) is 23.2 Å². The fourth-order valence-electron chi connectivity index (χ4n) is 3.25. The maximum atomic E-state index is 12.7. The third-order valence-corrected chi connectivity index (χ3v) is 4.81. The number of hydrogen-bond acceptors (Lipinski definition) is 4. The average molecular weight is 369 g/mol. The Labute approximate surface area is 155 Å². The van der Waals surface area contributed by atoms with Gasteiger partial charge in [0.2, 0.25) is 0 Å². The Kier molecular flexibility index (Phi) is 4.17. The van der Waals surface area contributed by atoms with Crippen LogP contribution in [0.2, 0.25) is 5.02 Å². The van der Waals surface area contributed by atoms with Crippen LogP contribution in [0.4, 0.5) is 0 Å². The molecule has 1 aliphatic heterocycles. The topological polar surface area (TPSA) is 53.4 Å². The molecule has 0 bridgehead atoms. The number of halogens is 1. The average Bonchev–Trinajstić information content (AvgIpc) is 3.05. The van der Waals surface area contributed by atoms with Crippen LogP contribution in [0.3, 0.4) is 0 Å². The van der Waals surface area contributed by atoms with Crippen LogP contribution in [0, 0.1) is 0 Å². The zero-order chi connectivity index (χ0) is 18.3. The first kappa shape index (κ1) is 16.7. The van der Waals surface area contributed by atoms with Crippen LogP contribution in [0.25, 0.3) is 22.6 Å². The van der Waals surface area contributed by atoms with Crippen molar-refractivity contribution in [1.29, 1.82) is 0 Å². The van der Waals surface area contributed by atoms with Gasteiger partial charge in [0.15, 0.2) is 0 Å². The van der Waals surface area contributed by atoms with Gasteiger partial charge in [-0.1, -0.05) is 11.6 Å². The zero-order valence-corrected chi connectivity index (χ0v) is 15.2. The van der Waals surface area contributed by atoms with Crippen LogP contribution in [0.15, 0.2) is 41.2 Å². The molecule has 26 heavy (non-hydrogen) atoms. The molecule has 0 fully saturated rings. The molecule has 132 valence electrons. The van der Waals surface area contributed by atoms with Crippen molar-refractivity contribution in [3.63, 3.8) is 0 Å². The molecule has 0 saturated heterocycles. The lowest BCUT2D eigenvalue weighted by atomic mass is 10.1. The Morgan fingerprint density at radius 3 is 2.77 bits per heavy atom. The molecule has 5 nitrogen and oxygen atoms in total. The second-order valence-corrected chi connectivity index (χ2v) is 6.52. The summed E-state index contributed by atoms with van der Waals surface area (Å²) in [6.45, 7) is 0.615. The van der Waals surface area contributed by atoms with Crippen LogP contribution in [0.1, 0.15) is 17.8 Å². The lowest BCUT2D eigenvalue weighted by Crippen LogP contribution is -2.20. The first-order chi connectivity index (χ1) is 12.6. The van der Waals surface area contributed by atoms with Gasteiger partial charge in [-0.15, -0.1) is 0 Å². The second-order valence-electron chi connectivity index (χ2n) is 6.08. The van der Waals surface area contributed by atoms with Gasteiger partial charge in [0.25, 0.3) is 5.56 Å². The van der Waals surface area contributed by atoms with Gasteiger partial charge in [-0.2, -0.15) is 0 Å². The summed E-state index contributed by atoms with van der Waals surface area (Å²) < 4.78 is 12.4. The SMILES string of the molecule is COc1ccc(/C=C2\CCn3c2nc2cc(Cl)ccc2c3=O)c(OC)c1. The van der Waals surface area contributed by atoms with Gasteiger partial charge < -0.3 is 9.47 Å². The minimum absolute atomic E-state index is 0.0354. The summed E-state index contributed by atoms with van der Waals surface area (Å²) in [5.74, 6) is 2.12. The number of hydrogen-bond donors (Lipinski definition) is 0. The van der Waals surface area contributed by atoms with Crippen molar-refractivity contribution in [3.05, 3.63) is 63.2 Å². The molecule has 1 aromatic heterocycles. The van der Waals surface area contributed by atoms with Crippen molar-refractivity contribution >= 4 is 34.2 Å². The number of methoxy groups -OCH3 is 2. The predicted octanol–water partition coefficient (Wildman–Crippen LogP) is 4.01. The number of fused-ring (bicyclic) bond motifs is 2. The first-order valence-electron chi connectivity index (χ1n) is 8.24. The van der Waals surface area contributed by atoms with Gasteiger partial charge in [0.05, 0.1) is 25.1 Å². The summed E-state index contributed by atoms with van der Waals surface area (Å²) in [5, 5.41) is 1.15. The van der Waals surface area contributed by atoms with Crippen molar-refractivity contribution in [2.24, 2.45) is 0 Å². The van der Waals surface area contributed by atoms with E-state index in [1.807, 2.05) is 24.3 Å². The Hall–Kier alpha value is -2.79. The highest BCUT2D eigenvalue weighted by atomic mass is 35.5. The minimum atomic E-state index is -0.0354. The normalized spacial score (nSPS) is 14.7. The summed E-state index contributed by atoms with van der Waals surface area (Å²) in [4.78, 5) is 17.4. The third-order valence-electron chi connectivity index (χ3n) is 4.58. The zero-order valence-electron chi connectivity index (χ0n) is 14.5. The first-order valence-corrected chi connectivity index (χ1v) is 8.61. The van der Waals surface area contributed by atoms with Crippen LogP contribution in [0.5, 0.6) is 11.5 Å². The molecule has 2 heterocycles. The van der Waals surface area contributed by atoms with Crippen LogP contribution in [-0.4, -0.2) is 23.8 Å². The quantitative estimate of drug-likeness (QED) is 0.701. The molecule has 0 atom stereocenters. The van der Waals surface area contributed by atoms with Gasteiger partial charge >= 0.3 is 0 Å². The van der Waals surface area contributed by atoms with E-state index in [4.69, 9.17) is 21.1 Å². The van der Waals surface area contributed by atoms with Crippen molar-refractivity contribution in [2.45, 2.75) is 13.0 Å². The number of rotatable bonds is 3. The monoisotopic (exact) mass is 368 g/mol. The Morgan fingerprint density at radius 2 is 2.00 bits per heavy atom. The fraction of sp³-hybridized carbons (Fsp3) is 0.200. The Balaban J connectivity index is 1.87. The molecular weight excluding hydrogens is 352 g/mol. The summed E-state index contributed by atoms with van der Waals surface area (Å²) in [5.41, 5.74) is 2.49. The molecule has 1 aliphatic rings. The second kappa shape index (κ2) is 6.50. The van der Waals surface area contributed by atoms with Crippen molar-refractivity contribution in [1.82, 2.24) is 9.55 Å². The van der Waals surface area contributed by atoms with Gasteiger partial charge in [-0.05, 0) is 48.4 Å². The number of aromatic nitrogens is 2. The van der Waals surface area contributed by atoms with Gasteiger partial charge in [-0.25, -0.2) is 4.98 Å². The van der Waals surface area contributed by atoms with E-state index >= 15 is 0 Å². The number of allylic oxidation sites excluding steroid dienone is 1. The van der Waals surface area contributed by atoms with E-state index < -0.39 is 0 Å². The molecule has 2 aromatic carbocycles. The molecule has 0 spiro atoms. The van der Waals surface area contributed by atoms with Crippen LogP contribution >= 0.6 is 11.6 Å². The van der Waals surface area contributed by atoms with E-state index in [0.29, 0.717) is 34.0 Å². The van der Waals surface area contributed by atoms with Crippen molar-refractivity contribution < 1.29 is 9.47 Å². The highest BCUT2D eigenvalue weighted by molar-refractivity contribution is 6.31. The molecule has 6 heteroatoms. The van der Waals surface area contributed by atoms with Crippen molar-refractivity contribution in [2.75, 3.05) is 14.2 Å². The van der Waals surface area contributed by atoms with E-state index in [1.165, 1.54) is 0 Å². The summed E-state index contributed by atoms with van der Waals surface area (Å²) in [6.07, 6.45) is 2.75.